The molecule has 0 aliphatic rings. The predicted octanol–water partition coefficient (Wildman–Crippen LogP) is 7.02. The third-order valence-electron chi connectivity index (χ3n) is 6.35. The van der Waals surface area contributed by atoms with Gasteiger partial charge in [0.15, 0.2) is 0 Å². The van der Waals surface area contributed by atoms with E-state index in [4.69, 9.17) is 34.8 Å². The minimum Gasteiger partial charge on any atom is -0.316 e. The van der Waals surface area contributed by atoms with E-state index in [9.17, 15) is 13.2 Å². The number of nitrogens with one attached hydrogen (secondary N) is 1. The molecule has 0 fully saturated rings. The zero-order valence-electron chi connectivity index (χ0n) is 22.2. The van der Waals surface area contributed by atoms with Gasteiger partial charge in [0, 0.05) is 27.0 Å². The molecule has 0 unspecified atom stereocenters. The van der Waals surface area contributed by atoms with Crippen molar-refractivity contribution in [3.63, 3.8) is 0 Å². The average molecular weight is 618 g/mol. The van der Waals surface area contributed by atoms with Crippen LogP contribution in [0.15, 0.2) is 76.7 Å². The molecule has 0 radical (unpaired) electrons. The number of amides is 1. The number of carbonyl (C=O) groups is 1. The number of aryl methyl sites for hydroxylation is 3. The van der Waals surface area contributed by atoms with Gasteiger partial charge in [-0.1, -0.05) is 58.6 Å². The first-order valence-electron chi connectivity index (χ1n) is 12.2. The van der Waals surface area contributed by atoms with Crippen molar-refractivity contribution in [1.82, 2.24) is 9.99 Å². The van der Waals surface area contributed by atoms with Crippen molar-refractivity contribution in [2.24, 2.45) is 5.10 Å². The van der Waals surface area contributed by atoms with Crippen LogP contribution in [0.2, 0.25) is 15.1 Å². The maximum absolute atomic E-state index is 13.6. The van der Waals surface area contributed by atoms with Gasteiger partial charge >= 0.3 is 0 Å². The number of rotatable bonds is 8. The minimum atomic E-state index is -4.09. The van der Waals surface area contributed by atoms with Crippen molar-refractivity contribution >= 4 is 62.6 Å². The maximum atomic E-state index is 13.6. The van der Waals surface area contributed by atoms with E-state index in [1.807, 2.05) is 37.5 Å². The van der Waals surface area contributed by atoms with E-state index in [-0.39, 0.29) is 4.90 Å². The standard InChI is InChI=1S/C29H27Cl3N4O3S/c1-18-5-10-25(11-6-18)40(38,39)35(28-15-24(31)8-7-19(28)2)17-29(37)34-33-16-22-13-20(3)36(21(22)4)27-12-9-23(30)14-26(27)32/h5-16H,17H2,1-4H3,(H,34,37)/b33-16+. The maximum Gasteiger partial charge on any atom is 0.264 e. The Morgan fingerprint density at radius 3 is 2.25 bits per heavy atom. The molecule has 11 heteroatoms. The Bertz CT molecular complexity index is 1720. The number of sulfonamides is 1. The summed E-state index contributed by atoms with van der Waals surface area (Å²) in [6.45, 7) is 6.94. The number of halogens is 3. The lowest BCUT2D eigenvalue weighted by Gasteiger charge is -2.25. The van der Waals surface area contributed by atoms with E-state index < -0.39 is 22.5 Å². The largest absolute Gasteiger partial charge is 0.316 e. The molecule has 1 heterocycles. The van der Waals surface area contributed by atoms with Gasteiger partial charge in [-0.25, -0.2) is 13.8 Å². The Kier molecular flexibility index (Phi) is 8.95. The van der Waals surface area contributed by atoms with Crippen molar-refractivity contribution in [3.8, 4) is 5.69 Å². The van der Waals surface area contributed by atoms with Gasteiger partial charge in [-0.3, -0.25) is 9.10 Å². The molecule has 1 aromatic heterocycles. The summed E-state index contributed by atoms with van der Waals surface area (Å²) in [4.78, 5) is 13.1. The van der Waals surface area contributed by atoms with Crippen LogP contribution in [0.1, 0.15) is 28.1 Å². The summed E-state index contributed by atoms with van der Waals surface area (Å²) in [6.07, 6.45) is 1.50. The summed E-state index contributed by atoms with van der Waals surface area (Å²) in [6, 6.07) is 18.5. The van der Waals surface area contributed by atoms with Crippen LogP contribution in [-0.4, -0.2) is 31.7 Å². The van der Waals surface area contributed by atoms with Gasteiger partial charge in [0.1, 0.15) is 6.54 Å². The number of hydrazone groups is 1. The van der Waals surface area contributed by atoms with E-state index >= 15 is 0 Å². The number of carbonyl (C=O) groups excluding carboxylic acids is 1. The molecule has 4 rings (SSSR count). The molecule has 208 valence electrons. The number of hydrogen-bond donors (Lipinski definition) is 1. The van der Waals surface area contributed by atoms with Crippen molar-refractivity contribution in [2.45, 2.75) is 32.6 Å². The molecule has 7 nitrogen and oxygen atoms in total. The summed E-state index contributed by atoms with van der Waals surface area (Å²) in [5, 5.41) is 5.48. The van der Waals surface area contributed by atoms with Gasteiger partial charge in [-0.15, -0.1) is 0 Å². The van der Waals surface area contributed by atoms with Crippen LogP contribution in [0.25, 0.3) is 5.69 Å². The molecule has 3 aromatic carbocycles. The topological polar surface area (TPSA) is 83.8 Å². The number of benzene rings is 3. The Morgan fingerprint density at radius 1 is 0.925 bits per heavy atom. The molecule has 0 aliphatic carbocycles. The Labute approximate surface area is 249 Å². The van der Waals surface area contributed by atoms with E-state index in [0.29, 0.717) is 26.3 Å². The highest BCUT2D eigenvalue weighted by Crippen LogP contribution is 2.30. The third kappa shape index (κ3) is 6.36. The molecule has 0 aliphatic heterocycles. The molecule has 40 heavy (non-hydrogen) atoms. The first-order chi connectivity index (χ1) is 18.9. The quantitative estimate of drug-likeness (QED) is 0.170. The fraction of sp³-hybridized carbons (Fsp3) is 0.172. The van der Waals surface area contributed by atoms with Crippen LogP contribution in [0.4, 0.5) is 5.69 Å². The molecule has 0 saturated heterocycles. The summed E-state index contributed by atoms with van der Waals surface area (Å²) < 4.78 is 30.3. The van der Waals surface area contributed by atoms with E-state index in [2.05, 4.69) is 10.5 Å². The molecule has 0 saturated carbocycles. The molecule has 1 amide bonds. The molecular formula is C29H27Cl3N4O3S. The molecule has 4 aromatic rings. The molecular weight excluding hydrogens is 591 g/mol. The SMILES string of the molecule is Cc1ccc(S(=O)(=O)N(CC(=O)N/N=C/c2cc(C)n(-c3ccc(Cl)cc3Cl)c2C)c2cc(Cl)ccc2C)cc1. The Hall–Kier alpha value is -3.30. The second kappa shape index (κ2) is 12.1. The summed E-state index contributed by atoms with van der Waals surface area (Å²) in [5.41, 5.74) is 7.57. The molecule has 1 N–H and O–H groups in total. The highest BCUT2D eigenvalue weighted by molar-refractivity contribution is 7.92. The molecule has 0 bridgehead atoms. The van der Waals surface area contributed by atoms with Crippen LogP contribution < -0.4 is 9.73 Å². The predicted molar refractivity (Wildman–Crippen MR) is 163 cm³/mol. The molecule has 0 spiro atoms. The third-order valence-corrected chi connectivity index (χ3v) is 8.90. The second-order valence-electron chi connectivity index (χ2n) is 9.31. The van der Waals surface area contributed by atoms with Crippen LogP contribution in [0.3, 0.4) is 0 Å². The fourth-order valence-corrected chi connectivity index (χ4v) is 6.42. The summed E-state index contributed by atoms with van der Waals surface area (Å²) in [5.74, 6) is -0.624. The number of nitrogens with zero attached hydrogens (tertiary/aromatic N) is 3. The normalized spacial score (nSPS) is 11.7. The van der Waals surface area contributed by atoms with Crippen molar-refractivity contribution < 1.29 is 13.2 Å². The van der Waals surface area contributed by atoms with Crippen LogP contribution in [0, 0.1) is 27.7 Å². The average Bonchev–Trinajstić information content (AvgIpc) is 3.17. The van der Waals surface area contributed by atoms with Gasteiger partial charge in [0.2, 0.25) is 0 Å². The summed E-state index contributed by atoms with van der Waals surface area (Å²) in [7, 11) is -4.09. The number of hydrogen-bond acceptors (Lipinski definition) is 4. The first-order valence-corrected chi connectivity index (χ1v) is 14.8. The lowest BCUT2D eigenvalue weighted by Crippen LogP contribution is -2.40. The zero-order chi connectivity index (χ0) is 29.2. The smallest absolute Gasteiger partial charge is 0.264 e. The lowest BCUT2D eigenvalue weighted by molar-refractivity contribution is -0.119. The van der Waals surface area contributed by atoms with Gasteiger partial charge in [0.05, 0.1) is 27.5 Å². The number of aromatic nitrogens is 1. The minimum absolute atomic E-state index is 0.0575. The van der Waals surface area contributed by atoms with E-state index in [0.717, 1.165) is 32.5 Å². The van der Waals surface area contributed by atoms with E-state index in [1.165, 1.54) is 24.4 Å². The van der Waals surface area contributed by atoms with Crippen LogP contribution in [0.5, 0.6) is 0 Å². The van der Waals surface area contributed by atoms with E-state index in [1.54, 1.807) is 43.3 Å². The number of anilines is 1. The Morgan fingerprint density at radius 2 is 1.57 bits per heavy atom. The highest BCUT2D eigenvalue weighted by atomic mass is 35.5. The zero-order valence-corrected chi connectivity index (χ0v) is 25.3. The van der Waals surface area contributed by atoms with Crippen molar-refractivity contribution in [3.05, 3.63) is 110 Å². The second-order valence-corrected chi connectivity index (χ2v) is 12.4. The summed E-state index contributed by atoms with van der Waals surface area (Å²) >= 11 is 18.7. The van der Waals surface area contributed by atoms with Gasteiger partial charge in [-0.05, 0) is 81.8 Å². The van der Waals surface area contributed by atoms with Crippen LogP contribution >= 0.6 is 34.8 Å². The molecule has 0 atom stereocenters. The van der Waals surface area contributed by atoms with Crippen molar-refractivity contribution in [1.29, 1.82) is 0 Å². The van der Waals surface area contributed by atoms with Gasteiger partial charge in [-0.2, -0.15) is 5.10 Å². The Balaban J connectivity index is 1.59. The fourth-order valence-electron chi connectivity index (χ4n) is 4.28. The monoisotopic (exact) mass is 616 g/mol. The highest BCUT2D eigenvalue weighted by Gasteiger charge is 2.28. The van der Waals surface area contributed by atoms with Crippen LogP contribution in [-0.2, 0) is 14.8 Å². The van der Waals surface area contributed by atoms with Gasteiger partial charge < -0.3 is 4.57 Å². The first kappa shape index (κ1) is 29.7. The lowest BCUT2D eigenvalue weighted by atomic mass is 10.2. The van der Waals surface area contributed by atoms with Crippen molar-refractivity contribution in [2.75, 3.05) is 10.8 Å². The van der Waals surface area contributed by atoms with Gasteiger partial charge in [0.25, 0.3) is 15.9 Å².